The highest BCUT2D eigenvalue weighted by molar-refractivity contribution is 14.0. The SMILES string of the molecule is CCNC(=NCCCc1ccc(Cl)cc1)NC(C)Cc1c(C)nn(C)c1C.I. The van der Waals surface area contributed by atoms with Gasteiger partial charge in [0.15, 0.2) is 5.96 Å². The first-order valence-electron chi connectivity index (χ1n) is 9.69. The van der Waals surface area contributed by atoms with E-state index in [-0.39, 0.29) is 30.0 Å². The first kappa shape index (κ1) is 24.8. The Balaban J connectivity index is 0.00000392. The van der Waals surface area contributed by atoms with Crippen molar-refractivity contribution >= 4 is 41.5 Å². The number of benzene rings is 1. The number of aromatic nitrogens is 2. The summed E-state index contributed by atoms with van der Waals surface area (Å²) in [5, 5.41) is 12.2. The minimum absolute atomic E-state index is 0. The van der Waals surface area contributed by atoms with Gasteiger partial charge in [0, 0.05) is 36.9 Å². The quantitative estimate of drug-likeness (QED) is 0.236. The number of hydrogen-bond acceptors (Lipinski definition) is 2. The molecule has 2 rings (SSSR count). The molecule has 0 bridgehead atoms. The Labute approximate surface area is 191 Å². The molecule has 0 aliphatic rings. The second kappa shape index (κ2) is 12.3. The van der Waals surface area contributed by atoms with Crippen LogP contribution in [0, 0.1) is 13.8 Å². The highest BCUT2D eigenvalue weighted by atomic mass is 127. The first-order valence-corrected chi connectivity index (χ1v) is 10.1. The van der Waals surface area contributed by atoms with Crippen molar-refractivity contribution in [2.75, 3.05) is 13.1 Å². The van der Waals surface area contributed by atoms with Gasteiger partial charge in [-0.05, 0) is 70.2 Å². The van der Waals surface area contributed by atoms with Crippen LogP contribution in [0.4, 0.5) is 0 Å². The fourth-order valence-electron chi connectivity index (χ4n) is 3.15. The van der Waals surface area contributed by atoms with E-state index >= 15 is 0 Å². The molecule has 1 aromatic heterocycles. The summed E-state index contributed by atoms with van der Waals surface area (Å²) < 4.78 is 1.95. The van der Waals surface area contributed by atoms with Crippen LogP contribution in [0.1, 0.15) is 42.8 Å². The van der Waals surface area contributed by atoms with Crippen molar-refractivity contribution < 1.29 is 0 Å². The average molecular weight is 518 g/mol. The number of guanidine groups is 1. The van der Waals surface area contributed by atoms with Crippen LogP contribution < -0.4 is 10.6 Å². The lowest BCUT2D eigenvalue weighted by molar-refractivity contribution is 0.634. The van der Waals surface area contributed by atoms with E-state index < -0.39 is 0 Å². The van der Waals surface area contributed by atoms with Gasteiger partial charge in [-0.2, -0.15) is 5.10 Å². The van der Waals surface area contributed by atoms with Crippen molar-refractivity contribution in [3.8, 4) is 0 Å². The summed E-state index contributed by atoms with van der Waals surface area (Å²) in [6.07, 6.45) is 2.94. The van der Waals surface area contributed by atoms with Crippen LogP contribution in [0.25, 0.3) is 0 Å². The van der Waals surface area contributed by atoms with Crippen LogP contribution in [0.15, 0.2) is 29.3 Å². The molecule has 0 saturated heterocycles. The monoisotopic (exact) mass is 517 g/mol. The van der Waals surface area contributed by atoms with Gasteiger partial charge in [-0.1, -0.05) is 23.7 Å². The summed E-state index contributed by atoms with van der Waals surface area (Å²) in [5.41, 5.74) is 4.94. The summed E-state index contributed by atoms with van der Waals surface area (Å²) in [5.74, 6) is 0.875. The lowest BCUT2D eigenvalue weighted by Crippen LogP contribution is -2.43. The molecule has 1 atom stereocenters. The molecule has 5 nitrogen and oxygen atoms in total. The van der Waals surface area contributed by atoms with Gasteiger partial charge in [-0.25, -0.2) is 0 Å². The van der Waals surface area contributed by atoms with E-state index in [9.17, 15) is 0 Å². The maximum absolute atomic E-state index is 5.93. The number of nitrogens with one attached hydrogen (secondary N) is 2. The summed E-state index contributed by atoms with van der Waals surface area (Å²) >= 11 is 5.93. The van der Waals surface area contributed by atoms with Crippen molar-refractivity contribution in [1.29, 1.82) is 0 Å². The molecular weight excluding hydrogens is 485 g/mol. The van der Waals surface area contributed by atoms with Crippen LogP contribution in [-0.2, 0) is 19.9 Å². The van der Waals surface area contributed by atoms with Gasteiger partial charge in [0.05, 0.1) is 5.69 Å². The molecule has 7 heteroatoms. The predicted molar refractivity (Wildman–Crippen MR) is 130 cm³/mol. The van der Waals surface area contributed by atoms with Gasteiger partial charge in [0.1, 0.15) is 0 Å². The Morgan fingerprint density at radius 3 is 2.50 bits per heavy atom. The van der Waals surface area contributed by atoms with Crippen molar-refractivity contribution in [2.24, 2.45) is 12.0 Å². The summed E-state index contributed by atoms with van der Waals surface area (Å²) in [6, 6.07) is 8.32. The normalized spacial score (nSPS) is 12.4. The second-order valence-corrected chi connectivity index (χ2v) is 7.45. The zero-order valence-electron chi connectivity index (χ0n) is 17.6. The van der Waals surface area contributed by atoms with Gasteiger partial charge in [-0.3, -0.25) is 9.67 Å². The Morgan fingerprint density at radius 2 is 1.93 bits per heavy atom. The Morgan fingerprint density at radius 1 is 1.25 bits per heavy atom. The predicted octanol–water partition coefficient (Wildman–Crippen LogP) is 4.43. The van der Waals surface area contributed by atoms with Crippen molar-refractivity contribution in [3.63, 3.8) is 0 Å². The van der Waals surface area contributed by atoms with E-state index in [4.69, 9.17) is 16.6 Å². The van der Waals surface area contributed by atoms with Crippen LogP contribution in [0.5, 0.6) is 0 Å². The molecule has 0 aliphatic heterocycles. The van der Waals surface area contributed by atoms with E-state index in [0.29, 0.717) is 0 Å². The molecule has 0 radical (unpaired) electrons. The molecule has 1 heterocycles. The van der Waals surface area contributed by atoms with Crippen molar-refractivity contribution in [3.05, 3.63) is 51.8 Å². The molecule has 1 unspecified atom stereocenters. The molecule has 0 saturated carbocycles. The smallest absolute Gasteiger partial charge is 0.191 e. The van der Waals surface area contributed by atoms with Crippen LogP contribution in [-0.4, -0.2) is 34.9 Å². The molecule has 28 heavy (non-hydrogen) atoms. The molecule has 0 spiro atoms. The number of rotatable bonds is 8. The number of nitrogens with zero attached hydrogens (tertiary/aromatic N) is 3. The number of aryl methyl sites for hydroxylation is 3. The molecule has 0 fully saturated rings. The highest BCUT2D eigenvalue weighted by Crippen LogP contribution is 2.14. The fourth-order valence-corrected chi connectivity index (χ4v) is 3.27. The first-order chi connectivity index (χ1) is 12.9. The van der Waals surface area contributed by atoms with Crippen LogP contribution in [0.2, 0.25) is 5.02 Å². The van der Waals surface area contributed by atoms with Crippen LogP contribution >= 0.6 is 35.6 Å². The van der Waals surface area contributed by atoms with Crippen molar-refractivity contribution in [2.45, 2.75) is 53.0 Å². The maximum Gasteiger partial charge on any atom is 0.191 e. The molecule has 156 valence electrons. The number of halogens is 2. The average Bonchev–Trinajstić information content (AvgIpc) is 2.86. The Bertz CT molecular complexity index is 755. The second-order valence-electron chi connectivity index (χ2n) is 7.01. The van der Waals surface area contributed by atoms with Crippen molar-refractivity contribution in [1.82, 2.24) is 20.4 Å². The van der Waals surface area contributed by atoms with Gasteiger partial charge in [0.2, 0.25) is 0 Å². The standard InChI is InChI=1S/C21H32ClN5.HI/c1-6-23-21(24-13-7-8-18-9-11-19(22)12-10-18)25-15(2)14-20-16(3)26-27(5)17(20)4;/h9-12,15H,6-8,13-14H2,1-5H3,(H2,23,24,25);1H. The molecule has 0 aliphatic carbocycles. The topological polar surface area (TPSA) is 54.2 Å². The van der Waals surface area contributed by atoms with E-state index in [1.165, 1.54) is 16.8 Å². The highest BCUT2D eigenvalue weighted by Gasteiger charge is 2.13. The molecular formula is C21H33ClIN5. The van der Waals surface area contributed by atoms with E-state index in [2.05, 4.69) is 55.6 Å². The summed E-state index contributed by atoms with van der Waals surface area (Å²) in [4.78, 5) is 4.73. The largest absolute Gasteiger partial charge is 0.357 e. The number of hydrogen-bond donors (Lipinski definition) is 2. The fraction of sp³-hybridized carbons (Fsp3) is 0.524. The summed E-state index contributed by atoms with van der Waals surface area (Å²) in [7, 11) is 2.00. The third-order valence-corrected chi connectivity index (χ3v) is 4.96. The van der Waals surface area contributed by atoms with Gasteiger partial charge >= 0.3 is 0 Å². The zero-order chi connectivity index (χ0) is 19.8. The van der Waals surface area contributed by atoms with Gasteiger partial charge in [0.25, 0.3) is 0 Å². The van der Waals surface area contributed by atoms with E-state index in [1.807, 2.05) is 23.9 Å². The van der Waals surface area contributed by atoms with E-state index in [1.54, 1.807) is 0 Å². The zero-order valence-corrected chi connectivity index (χ0v) is 20.6. The maximum atomic E-state index is 5.93. The molecule has 2 N–H and O–H groups in total. The molecule has 1 aromatic carbocycles. The van der Waals surface area contributed by atoms with Gasteiger partial charge < -0.3 is 10.6 Å². The van der Waals surface area contributed by atoms with Gasteiger partial charge in [-0.15, -0.1) is 24.0 Å². The Hall–Kier alpha value is -1.28. The number of aliphatic imine (C=N–C) groups is 1. The lowest BCUT2D eigenvalue weighted by atomic mass is 10.1. The minimum Gasteiger partial charge on any atom is -0.357 e. The Kier molecular flexibility index (Phi) is 10.9. The van der Waals surface area contributed by atoms with Crippen LogP contribution in [0.3, 0.4) is 0 Å². The summed E-state index contributed by atoms with van der Waals surface area (Å²) in [6.45, 7) is 10.1. The molecule has 0 amide bonds. The third kappa shape index (κ3) is 7.62. The van der Waals surface area contributed by atoms with E-state index in [0.717, 1.165) is 49.0 Å². The lowest BCUT2D eigenvalue weighted by Gasteiger charge is -2.18. The molecule has 2 aromatic rings. The minimum atomic E-state index is 0. The third-order valence-electron chi connectivity index (χ3n) is 4.70.